The van der Waals surface area contributed by atoms with Crippen LogP contribution in [0.25, 0.3) is 0 Å². The van der Waals surface area contributed by atoms with Crippen LogP contribution in [0.2, 0.25) is 0 Å². The number of nitro benzene ring substituents is 1. The Morgan fingerprint density at radius 3 is 2.78 bits per heavy atom. The van der Waals surface area contributed by atoms with Gasteiger partial charge in [-0.2, -0.15) is 0 Å². The van der Waals surface area contributed by atoms with Crippen molar-refractivity contribution in [2.24, 2.45) is 0 Å². The fraction of sp³-hybridized carbons (Fsp3) is 0.231. The molecular formula is C13H13N5O4S. The van der Waals surface area contributed by atoms with Gasteiger partial charge in [0.25, 0.3) is 11.6 Å². The molecule has 0 unspecified atom stereocenters. The van der Waals surface area contributed by atoms with E-state index < -0.39 is 16.7 Å². The van der Waals surface area contributed by atoms with Crippen LogP contribution < -0.4 is 10.6 Å². The van der Waals surface area contributed by atoms with Crippen LogP contribution in [0.15, 0.2) is 24.3 Å². The van der Waals surface area contributed by atoms with Crippen LogP contribution in [0.5, 0.6) is 0 Å². The van der Waals surface area contributed by atoms with Crippen molar-refractivity contribution >= 4 is 34.0 Å². The van der Waals surface area contributed by atoms with E-state index in [0.29, 0.717) is 5.13 Å². The molecule has 2 N–H and O–H groups in total. The topological polar surface area (TPSA) is 127 Å². The van der Waals surface area contributed by atoms with Gasteiger partial charge in [-0.1, -0.05) is 24.3 Å². The molecule has 0 atom stereocenters. The molecule has 0 fully saturated rings. The molecule has 0 aliphatic rings. The van der Waals surface area contributed by atoms with Gasteiger partial charge in [0.15, 0.2) is 0 Å². The summed E-state index contributed by atoms with van der Waals surface area (Å²) in [4.78, 5) is 33.7. The summed E-state index contributed by atoms with van der Waals surface area (Å²) in [7, 11) is 0. The summed E-state index contributed by atoms with van der Waals surface area (Å²) in [6, 6.07) is 5.26. The van der Waals surface area contributed by atoms with E-state index in [1.807, 2.05) is 6.92 Å². The fourth-order valence-corrected chi connectivity index (χ4v) is 2.33. The van der Waals surface area contributed by atoms with E-state index >= 15 is 0 Å². The number of amides is 2. The van der Waals surface area contributed by atoms with Gasteiger partial charge in [-0.3, -0.25) is 25.0 Å². The normalized spacial score (nSPS) is 10.1. The van der Waals surface area contributed by atoms with E-state index in [9.17, 15) is 19.7 Å². The number of aryl methyl sites for hydroxylation is 1. The molecule has 0 aliphatic carbocycles. The van der Waals surface area contributed by atoms with Gasteiger partial charge in [0.05, 0.1) is 11.5 Å². The smallest absolute Gasteiger partial charge is 0.270 e. The molecule has 2 amide bonds. The minimum Gasteiger partial charge on any atom is -0.343 e. The second-order valence-electron chi connectivity index (χ2n) is 4.39. The lowest BCUT2D eigenvalue weighted by molar-refractivity contribution is -0.384. The number of aromatic nitrogens is 2. The van der Waals surface area contributed by atoms with E-state index in [1.165, 1.54) is 29.5 Å². The zero-order valence-corrected chi connectivity index (χ0v) is 12.9. The van der Waals surface area contributed by atoms with Crippen LogP contribution >= 0.6 is 11.3 Å². The monoisotopic (exact) mass is 335 g/mol. The molecule has 23 heavy (non-hydrogen) atoms. The minimum absolute atomic E-state index is 0.108. The van der Waals surface area contributed by atoms with Crippen LogP contribution in [0.1, 0.15) is 22.3 Å². The molecule has 0 aliphatic heterocycles. The van der Waals surface area contributed by atoms with Crippen molar-refractivity contribution in [3.63, 3.8) is 0 Å². The number of non-ortho nitro benzene ring substituents is 1. The number of nitro groups is 1. The highest BCUT2D eigenvalue weighted by atomic mass is 32.1. The fourth-order valence-electron chi connectivity index (χ4n) is 1.63. The van der Waals surface area contributed by atoms with E-state index in [2.05, 4.69) is 20.8 Å². The number of carbonyl (C=O) groups is 2. The highest BCUT2D eigenvalue weighted by Gasteiger charge is 2.13. The Morgan fingerprint density at radius 1 is 1.35 bits per heavy atom. The number of rotatable bonds is 6. The molecule has 9 nitrogen and oxygen atoms in total. The second kappa shape index (κ2) is 7.40. The van der Waals surface area contributed by atoms with Gasteiger partial charge in [-0.15, -0.1) is 10.2 Å². The van der Waals surface area contributed by atoms with Crippen LogP contribution in [-0.2, 0) is 11.2 Å². The summed E-state index contributed by atoms with van der Waals surface area (Å²) < 4.78 is 0. The number of nitrogens with zero attached hydrogens (tertiary/aromatic N) is 3. The predicted molar refractivity (Wildman–Crippen MR) is 83.3 cm³/mol. The van der Waals surface area contributed by atoms with Gasteiger partial charge in [0.1, 0.15) is 5.01 Å². The number of benzene rings is 1. The summed E-state index contributed by atoms with van der Waals surface area (Å²) in [6.07, 6.45) is 0.719. The third-order valence-electron chi connectivity index (χ3n) is 2.74. The maximum Gasteiger partial charge on any atom is 0.270 e. The van der Waals surface area contributed by atoms with Gasteiger partial charge < -0.3 is 5.32 Å². The molecule has 0 saturated heterocycles. The lowest BCUT2D eigenvalue weighted by atomic mass is 10.2. The number of anilines is 1. The number of carbonyl (C=O) groups excluding carboxylic acids is 2. The Bertz CT molecular complexity index is 745. The largest absolute Gasteiger partial charge is 0.343 e. The molecule has 120 valence electrons. The molecule has 1 aromatic heterocycles. The molecule has 0 saturated carbocycles. The van der Waals surface area contributed by atoms with E-state index in [0.717, 1.165) is 17.5 Å². The van der Waals surface area contributed by atoms with Crippen molar-refractivity contribution in [1.82, 2.24) is 15.5 Å². The summed E-state index contributed by atoms with van der Waals surface area (Å²) >= 11 is 1.26. The van der Waals surface area contributed by atoms with Crippen molar-refractivity contribution in [2.75, 3.05) is 11.9 Å². The molecule has 10 heteroatoms. The molecule has 0 spiro atoms. The van der Waals surface area contributed by atoms with Gasteiger partial charge in [-0.05, 0) is 12.5 Å². The lowest BCUT2D eigenvalue weighted by Crippen LogP contribution is -2.32. The van der Waals surface area contributed by atoms with E-state index in [-0.39, 0.29) is 17.8 Å². The Hall–Kier alpha value is -2.88. The van der Waals surface area contributed by atoms with Crippen molar-refractivity contribution in [2.45, 2.75) is 13.3 Å². The highest BCUT2D eigenvalue weighted by molar-refractivity contribution is 7.15. The predicted octanol–water partition coefficient (Wildman–Crippen LogP) is 1.38. The first-order chi connectivity index (χ1) is 11.0. The van der Waals surface area contributed by atoms with Crippen LogP contribution in [-0.4, -0.2) is 33.5 Å². The second-order valence-corrected chi connectivity index (χ2v) is 5.45. The Kier molecular flexibility index (Phi) is 5.31. The van der Waals surface area contributed by atoms with Gasteiger partial charge in [-0.25, -0.2) is 0 Å². The standard InChI is InChI=1S/C13H13N5O4S/c1-2-11-16-17-13(23-11)15-10(19)7-14-12(20)8-4-3-5-9(6-8)18(21)22/h3-6H,2,7H2,1H3,(H,14,20)(H,15,17,19). The summed E-state index contributed by atoms with van der Waals surface area (Å²) in [5, 5.41) is 24.4. The first-order valence-corrected chi connectivity index (χ1v) is 7.46. The first kappa shape index (κ1) is 16.5. The first-order valence-electron chi connectivity index (χ1n) is 6.64. The number of hydrogen-bond donors (Lipinski definition) is 2. The van der Waals surface area contributed by atoms with Crippen molar-refractivity contribution in [3.8, 4) is 0 Å². The zero-order valence-electron chi connectivity index (χ0n) is 12.1. The molecule has 2 rings (SSSR count). The van der Waals surface area contributed by atoms with Crippen LogP contribution in [0, 0.1) is 10.1 Å². The maximum absolute atomic E-state index is 11.9. The summed E-state index contributed by atoms with van der Waals surface area (Å²) in [5.74, 6) is -1.03. The molecule has 1 heterocycles. The molecular weight excluding hydrogens is 322 g/mol. The lowest BCUT2D eigenvalue weighted by Gasteiger charge is -2.04. The van der Waals surface area contributed by atoms with Crippen molar-refractivity contribution < 1.29 is 14.5 Å². The molecule has 0 bridgehead atoms. The summed E-state index contributed by atoms with van der Waals surface area (Å²) in [6.45, 7) is 1.65. The van der Waals surface area contributed by atoms with Gasteiger partial charge >= 0.3 is 0 Å². The molecule has 0 radical (unpaired) electrons. The average Bonchev–Trinajstić information content (AvgIpc) is 3.00. The SMILES string of the molecule is CCc1nnc(NC(=O)CNC(=O)c2cccc([N+](=O)[O-])c2)s1. The number of hydrogen-bond acceptors (Lipinski definition) is 7. The van der Waals surface area contributed by atoms with E-state index in [4.69, 9.17) is 0 Å². The molecule has 2 aromatic rings. The highest BCUT2D eigenvalue weighted by Crippen LogP contribution is 2.15. The van der Waals surface area contributed by atoms with Gasteiger partial charge in [0.2, 0.25) is 11.0 Å². The average molecular weight is 335 g/mol. The van der Waals surface area contributed by atoms with Crippen molar-refractivity contribution in [3.05, 3.63) is 45.0 Å². The summed E-state index contributed by atoms with van der Waals surface area (Å²) in [5.41, 5.74) is -0.0840. The Labute approximate surface area is 134 Å². The van der Waals surface area contributed by atoms with Crippen molar-refractivity contribution in [1.29, 1.82) is 0 Å². The Morgan fingerprint density at radius 2 is 2.13 bits per heavy atom. The zero-order chi connectivity index (χ0) is 16.8. The third kappa shape index (κ3) is 4.54. The number of nitrogens with one attached hydrogen (secondary N) is 2. The van der Waals surface area contributed by atoms with E-state index in [1.54, 1.807) is 0 Å². The molecule has 1 aromatic carbocycles. The van der Waals surface area contributed by atoms with Gasteiger partial charge in [0, 0.05) is 17.7 Å². The maximum atomic E-state index is 11.9. The third-order valence-corrected chi connectivity index (χ3v) is 3.73. The minimum atomic E-state index is -0.593. The van der Waals surface area contributed by atoms with Crippen LogP contribution in [0.3, 0.4) is 0 Å². The Balaban J connectivity index is 1.89. The quantitative estimate of drug-likeness (QED) is 0.606. The van der Waals surface area contributed by atoms with Crippen LogP contribution in [0.4, 0.5) is 10.8 Å².